The molecule has 1 atom stereocenters. The Bertz CT molecular complexity index is 473. The molecule has 1 aromatic carbocycles. The van der Waals surface area contributed by atoms with Gasteiger partial charge in [0.25, 0.3) is 0 Å². The molecule has 0 saturated carbocycles. The zero-order valence-corrected chi connectivity index (χ0v) is 11.3. The molecule has 1 N–H and O–H groups in total. The van der Waals surface area contributed by atoms with Gasteiger partial charge >= 0.3 is 0 Å². The molecule has 2 rings (SSSR count). The molecule has 0 amide bonds. The molecule has 0 radical (unpaired) electrons. The van der Waals surface area contributed by atoms with Crippen LogP contribution in [0.3, 0.4) is 0 Å². The summed E-state index contributed by atoms with van der Waals surface area (Å²) in [6.45, 7) is 7.37. The molecule has 0 aliphatic carbocycles. The quantitative estimate of drug-likeness (QED) is 0.873. The average Bonchev–Trinajstić information content (AvgIpc) is 2.85. The molecule has 3 nitrogen and oxygen atoms in total. The molecule has 0 aliphatic heterocycles. The lowest BCUT2D eigenvalue weighted by atomic mass is 10.1. The second-order valence-corrected chi connectivity index (χ2v) is 4.90. The van der Waals surface area contributed by atoms with E-state index in [2.05, 4.69) is 59.9 Å². The van der Waals surface area contributed by atoms with Crippen LogP contribution in [0.1, 0.15) is 44.1 Å². The van der Waals surface area contributed by atoms with Gasteiger partial charge < -0.3 is 9.88 Å². The first-order valence-corrected chi connectivity index (χ1v) is 6.47. The van der Waals surface area contributed by atoms with Crippen molar-refractivity contribution in [3.05, 3.63) is 54.1 Å². The lowest BCUT2D eigenvalue weighted by Gasteiger charge is -2.16. The normalized spacial score (nSPS) is 12.9. The van der Waals surface area contributed by atoms with Crippen LogP contribution in [0, 0.1) is 0 Å². The molecule has 18 heavy (non-hydrogen) atoms. The molecular formula is C15H21N3. The van der Waals surface area contributed by atoms with Crippen molar-refractivity contribution in [1.29, 1.82) is 0 Å². The van der Waals surface area contributed by atoms with E-state index >= 15 is 0 Å². The minimum atomic E-state index is 0.349. The first-order valence-electron chi connectivity index (χ1n) is 6.47. The molecule has 1 heterocycles. The third-order valence-corrected chi connectivity index (χ3v) is 3.19. The summed E-state index contributed by atoms with van der Waals surface area (Å²) in [6.07, 6.45) is 3.83. The van der Waals surface area contributed by atoms with E-state index < -0.39 is 0 Å². The fraction of sp³-hybridized carbons (Fsp3) is 0.400. The summed E-state index contributed by atoms with van der Waals surface area (Å²) in [5.74, 6) is 0. The van der Waals surface area contributed by atoms with E-state index in [1.807, 2.05) is 18.6 Å². The van der Waals surface area contributed by atoms with Crippen LogP contribution in [-0.4, -0.2) is 9.55 Å². The summed E-state index contributed by atoms with van der Waals surface area (Å²) < 4.78 is 2.20. The van der Waals surface area contributed by atoms with Crippen LogP contribution >= 0.6 is 0 Å². The number of hydrogen-bond donors (Lipinski definition) is 1. The summed E-state index contributed by atoms with van der Waals surface area (Å²) >= 11 is 0. The maximum absolute atomic E-state index is 4.22. The predicted octanol–water partition coefficient (Wildman–Crippen LogP) is 3.31. The number of aromatic nitrogens is 2. The second kappa shape index (κ2) is 5.83. The summed E-state index contributed by atoms with van der Waals surface area (Å²) in [7, 11) is 0. The maximum Gasteiger partial charge on any atom is 0.0951 e. The van der Waals surface area contributed by atoms with Gasteiger partial charge in [0.2, 0.25) is 0 Å². The Morgan fingerprint density at radius 2 is 1.89 bits per heavy atom. The van der Waals surface area contributed by atoms with Crippen molar-refractivity contribution in [2.45, 2.75) is 39.4 Å². The molecular weight excluding hydrogens is 222 g/mol. The molecule has 96 valence electrons. The number of nitrogens with zero attached hydrogens (tertiary/aromatic N) is 2. The fourth-order valence-electron chi connectivity index (χ4n) is 2.05. The van der Waals surface area contributed by atoms with Crippen LogP contribution in [0.5, 0.6) is 0 Å². The van der Waals surface area contributed by atoms with Crippen molar-refractivity contribution in [2.24, 2.45) is 0 Å². The van der Waals surface area contributed by atoms with Crippen molar-refractivity contribution in [2.75, 3.05) is 0 Å². The van der Waals surface area contributed by atoms with E-state index in [9.17, 15) is 0 Å². The van der Waals surface area contributed by atoms with Gasteiger partial charge in [-0.2, -0.15) is 0 Å². The van der Waals surface area contributed by atoms with E-state index in [0.29, 0.717) is 12.1 Å². The molecule has 3 heteroatoms. The van der Waals surface area contributed by atoms with Gasteiger partial charge in [0, 0.05) is 24.8 Å². The summed E-state index contributed by atoms with van der Waals surface area (Å²) in [6, 6.07) is 11.3. The zero-order chi connectivity index (χ0) is 13.0. The predicted molar refractivity (Wildman–Crippen MR) is 74.3 cm³/mol. The van der Waals surface area contributed by atoms with Gasteiger partial charge in [-0.25, -0.2) is 4.98 Å². The van der Waals surface area contributed by atoms with Crippen molar-refractivity contribution in [3.8, 4) is 0 Å². The number of hydrogen-bond acceptors (Lipinski definition) is 2. The second-order valence-electron chi connectivity index (χ2n) is 4.90. The monoisotopic (exact) mass is 243 g/mol. The van der Waals surface area contributed by atoms with Gasteiger partial charge in [0.05, 0.1) is 12.0 Å². The maximum atomic E-state index is 4.22. The Hall–Kier alpha value is -1.61. The van der Waals surface area contributed by atoms with Gasteiger partial charge in [-0.1, -0.05) is 30.3 Å². The van der Waals surface area contributed by atoms with Gasteiger partial charge in [0.15, 0.2) is 0 Å². The molecule has 2 aromatic rings. The summed E-state index contributed by atoms with van der Waals surface area (Å²) in [5.41, 5.74) is 2.54. The Labute approximate surface area is 109 Å². The standard InChI is InChI=1S/C15H21N3/c1-12(2)18-11-16-9-15(18)10-17-13(3)14-7-5-4-6-8-14/h4-9,11-13,17H,10H2,1-3H3/t13-/m1/s1. The lowest BCUT2D eigenvalue weighted by molar-refractivity contribution is 0.518. The molecule has 0 spiro atoms. The van der Waals surface area contributed by atoms with Crippen LogP contribution in [-0.2, 0) is 6.54 Å². The molecule has 0 saturated heterocycles. The minimum Gasteiger partial charge on any atom is -0.331 e. The Balaban J connectivity index is 1.97. The van der Waals surface area contributed by atoms with Crippen molar-refractivity contribution in [3.63, 3.8) is 0 Å². The summed E-state index contributed by atoms with van der Waals surface area (Å²) in [4.78, 5) is 4.22. The number of rotatable bonds is 5. The van der Waals surface area contributed by atoms with Crippen molar-refractivity contribution >= 4 is 0 Å². The van der Waals surface area contributed by atoms with Crippen molar-refractivity contribution < 1.29 is 0 Å². The molecule has 0 bridgehead atoms. The van der Waals surface area contributed by atoms with Crippen LogP contribution in [0.25, 0.3) is 0 Å². The number of benzene rings is 1. The lowest BCUT2D eigenvalue weighted by Crippen LogP contribution is -2.20. The minimum absolute atomic E-state index is 0.349. The van der Waals surface area contributed by atoms with Crippen molar-refractivity contribution in [1.82, 2.24) is 14.9 Å². The highest BCUT2D eigenvalue weighted by molar-refractivity contribution is 5.18. The first-order chi connectivity index (χ1) is 8.68. The third-order valence-electron chi connectivity index (χ3n) is 3.19. The Kier molecular flexibility index (Phi) is 4.15. The van der Waals surface area contributed by atoms with E-state index in [4.69, 9.17) is 0 Å². The third kappa shape index (κ3) is 2.99. The summed E-state index contributed by atoms with van der Waals surface area (Å²) in [5, 5.41) is 3.54. The SMILES string of the molecule is CC(C)n1cncc1CN[C@H](C)c1ccccc1. The average molecular weight is 243 g/mol. The highest BCUT2D eigenvalue weighted by atomic mass is 15.1. The zero-order valence-electron chi connectivity index (χ0n) is 11.3. The highest BCUT2D eigenvalue weighted by Gasteiger charge is 2.08. The van der Waals surface area contributed by atoms with Gasteiger partial charge in [-0.05, 0) is 26.3 Å². The van der Waals surface area contributed by atoms with Crippen LogP contribution in [0.2, 0.25) is 0 Å². The van der Waals surface area contributed by atoms with Crippen LogP contribution in [0.4, 0.5) is 0 Å². The number of imidazole rings is 1. The van der Waals surface area contributed by atoms with Gasteiger partial charge in [-0.3, -0.25) is 0 Å². The number of nitrogens with one attached hydrogen (secondary N) is 1. The van der Waals surface area contributed by atoms with Gasteiger partial charge in [0.1, 0.15) is 0 Å². The van der Waals surface area contributed by atoms with E-state index in [0.717, 1.165) is 6.54 Å². The molecule has 0 aliphatic rings. The molecule has 0 unspecified atom stereocenters. The molecule has 0 fully saturated rings. The van der Waals surface area contributed by atoms with Crippen LogP contribution in [0.15, 0.2) is 42.9 Å². The smallest absolute Gasteiger partial charge is 0.0951 e. The molecule has 1 aromatic heterocycles. The van der Waals surface area contributed by atoms with Crippen LogP contribution < -0.4 is 5.32 Å². The first kappa shape index (κ1) is 12.8. The fourth-order valence-corrected chi connectivity index (χ4v) is 2.05. The Morgan fingerprint density at radius 3 is 2.56 bits per heavy atom. The topological polar surface area (TPSA) is 29.9 Å². The van der Waals surface area contributed by atoms with E-state index in [1.54, 1.807) is 0 Å². The van der Waals surface area contributed by atoms with Gasteiger partial charge in [-0.15, -0.1) is 0 Å². The highest BCUT2D eigenvalue weighted by Crippen LogP contribution is 2.13. The largest absolute Gasteiger partial charge is 0.331 e. The Morgan fingerprint density at radius 1 is 1.17 bits per heavy atom. The van der Waals surface area contributed by atoms with E-state index in [1.165, 1.54) is 11.3 Å². The van der Waals surface area contributed by atoms with E-state index in [-0.39, 0.29) is 0 Å².